The molecule has 1 nitrogen and oxygen atoms in total. The van der Waals surface area contributed by atoms with E-state index in [9.17, 15) is 8.78 Å². The molecule has 82 valence electrons. The lowest BCUT2D eigenvalue weighted by atomic mass is 10.1. The van der Waals surface area contributed by atoms with Crippen molar-refractivity contribution >= 4 is 5.70 Å². The molecule has 0 aliphatic rings. The van der Waals surface area contributed by atoms with Crippen LogP contribution in [0, 0.1) is 0 Å². The van der Waals surface area contributed by atoms with Gasteiger partial charge in [-0.15, -0.1) is 0 Å². The Kier molecular flexibility index (Phi) is 3.15. The molecule has 2 rings (SSSR count). The number of rotatable bonds is 3. The van der Waals surface area contributed by atoms with Gasteiger partial charge in [0.05, 0.1) is 5.70 Å². The smallest absolute Gasteiger partial charge is 0.259 e. The summed E-state index contributed by atoms with van der Waals surface area (Å²) >= 11 is 0. The maximum absolute atomic E-state index is 12.5. The zero-order chi connectivity index (χ0) is 11.4. The van der Waals surface area contributed by atoms with E-state index in [0.29, 0.717) is 5.70 Å². The Morgan fingerprint density at radius 2 is 1.62 bits per heavy atom. The van der Waals surface area contributed by atoms with E-state index in [4.69, 9.17) is 0 Å². The Morgan fingerprint density at radius 1 is 1.00 bits per heavy atom. The van der Waals surface area contributed by atoms with E-state index < -0.39 is 6.43 Å². The van der Waals surface area contributed by atoms with Crippen LogP contribution in [0.1, 0.15) is 5.56 Å². The highest BCUT2D eigenvalue weighted by molar-refractivity contribution is 5.66. The molecule has 0 bridgehead atoms. The molecule has 0 unspecified atom stereocenters. The number of nitrogens with zero attached hydrogens (tertiary/aromatic N) is 1. The van der Waals surface area contributed by atoms with Gasteiger partial charge >= 0.3 is 0 Å². The lowest BCUT2D eigenvalue weighted by Gasteiger charge is -2.09. The molecule has 0 aliphatic heterocycles. The minimum Gasteiger partial charge on any atom is -0.323 e. The Balaban J connectivity index is 2.45. The standard InChI is InChI=1S/C13H11F2N/c14-13(15)10-12(16-8-4-5-9-16)11-6-2-1-3-7-11/h1-10,13H. The second-order valence-electron chi connectivity index (χ2n) is 3.34. The highest BCUT2D eigenvalue weighted by atomic mass is 19.3. The van der Waals surface area contributed by atoms with Crippen LogP contribution in [0.3, 0.4) is 0 Å². The van der Waals surface area contributed by atoms with E-state index in [-0.39, 0.29) is 0 Å². The third kappa shape index (κ3) is 2.37. The Hall–Kier alpha value is -1.90. The Bertz CT molecular complexity index is 458. The van der Waals surface area contributed by atoms with Gasteiger partial charge in [-0.3, -0.25) is 0 Å². The lowest BCUT2D eigenvalue weighted by Crippen LogP contribution is -1.98. The number of alkyl halides is 2. The van der Waals surface area contributed by atoms with E-state index in [1.807, 2.05) is 42.5 Å². The SMILES string of the molecule is FC(F)C=C(c1ccccc1)n1cccc1. The molecule has 0 radical (unpaired) electrons. The second-order valence-corrected chi connectivity index (χ2v) is 3.34. The van der Waals surface area contributed by atoms with E-state index >= 15 is 0 Å². The number of hydrogen-bond acceptors (Lipinski definition) is 0. The van der Waals surface area contributed by atoms with Crippen LogP contribution in [-0.4, -0.2) is 11.0 Å². The van der Waals surface area contributed by atoms with Gasteiger partial charge in [-0.2, -0.15) is 0 Å². The maximum Gasteiger partial charge on any atom is 0.259 e. The maximum atomic E-state index is 12.5. The largest absolute Gasteiger partial charge is 0.323 e. The molecule has 0 N–H and O–H groups in total. The molecular weight excluding hydrogens is 208 g/mol. The van der Waals surface area contributed by atoms with Gasteiger partial charge in [0.15, 0.2) is 0 Å². The minimum absolute atomic E-state index is 0.501. The van der Waals surface area contributed by atoms with E-state index in [1.165, 1.54) is 0 Å². The number of benzene rings is 1. The van der Waals surface area contributed by atoms with Crippen molar-refractivity contribution in [2.45, 2.75) is 6.43 Å². The highest BCUT2D eigenvalue weighted by Gasteiger charge is 2.06. The summed E-state index contributed by atoms with van der Waals surface area (Å²) in [6, 6.07) is 12.8. The molecule has 0 saturated carbocycles. The molecule has 1 heterocycles. The van der Waals surface area contributed by atoms with Gasteiger partial charge in [-0.1, -0.05) is 30.3 Å². The third-order valence-corrected chi connectivity index (χ3v) is 2.24. The first kappa shape index (κ1) is 10.6. The fourth-order valence-corrected chi connectivity index (χ4v) is 1.55. The molecule has 0 saturated heterocycles. The van der Waals surface area contributed by atoms with Gasteiger partial charge in [0.25, 0.3) is 6.43 Å². The summed E-state index contributed by atoms with van der Waals surface area (Å²) in [4.78, 5) is 0. The molecule has 0 atom stereocenters. The highest BCUT2D eigenvalue weighted by Crippen LogP contribution is 2.18. The van der Waals surface area contributed by atoms with Gasteiger partial charge in [-0.05, 0) is 17.7 Å². The van der Waals surface area contributed by atoms with Crippen molar-refractivity contribution in [3.63, 3.8) is 0 Å². The molecule has 1 aromatic heterocycles. The molecule has 0 fully saturated rings. The average molecular weight is 219 g/mol. The summed E-state index contributed by atoms with van der Waals surface area (Å²) in [6.07, 6.45) is 2.00. The molecule has 16 heavy (non-hydrogen) atoms. The van der Waals surface area contributed by atoms with Crippen LogP contribution in [0.25, 0.3) is 5.70 Å². The normalized spacial score (nSPS) is 12.1. The lowest BCUT2D eigenvalue weighted by molar-refractivity contribution is 0.204. The predicted molar refractivity (Wildman–Crippen MR) is 60.3 cm³/mol. The van der Waals surface area contributed by atoms with Crippen molar-refractivity contribution in [3.8, 4) is 0 Å². The molecule has 1 aromatic carbocycles. The van der Waals surface area contributed by atoms with Gasteiger partial charge < -0.3 is 4.57 Å². The molecule has 3 heteroatoms. The van der Waals surface area contributed by atoms with Crippen molar-refractivity contribution in [1.29, 1.82) is 0 Å². The summed E-state index contributed by atoms with van der Waals surface area (Å²) in [5, 5.41) is 0. The zero-order valence-electron chi connectivity index (χ0n) is 8.55. The topological polar surface area (TPSA) is 4.93 Å². The third-order valence-electron chi connectivity index (χ3n) is 2.24. The van der Waals surface area contributed by atoms with E-state index in [0.717, 1.165) is 11.6 Å². The first-order chi connectivity index (χ1) is 7.77. The van der Waals surface area contributed by atoms with Crippen LogP contribution in [0.5, 0.6) is 0 Å². The van der Waals surface area contributed by atoms with Crippen molar-refractivity contribution in [1.82, 2.24) is 4.57 Å². The van der Waals surface area contributed by atoms with Crippen LogP contribution in [0.15, 0.2) is 60.9 Å². The summed E-state index contributed by atoms with van der Waals surface area (Å²) in [5.74, 6) is 0. The summed E-state index contributed by atoms with van der Waals surface area (Å²) < 4.78 is 26.6. The summed E-state index contributed by atoms with van der Waals surface area (Å²) in [5.41, 5.74) is 1.28. The van der Waals surface area contributed by atoms with Crippen LogP contribution in [0.2, 0.25) is 0 Å². The quantitative estimate of drug-likeness (QED) is 0.742. The number of hydrogen-bond donors (Lipinski definition) is 0. The van der Waals surface area contributed by atoms with Crippen LogP contribution in [-0.2, 0) is 0 Å². The fourth-order valence-electron chi connectivity index (χ4n) is 1.55. The molecular formula is C13H11F2N. The van der Waals surface area contributed by atoms with E-state index in [2.05, 4.69) is 0 Å². The number of halogens is 2. The summed E-state index contributed by atoms with van der Waals surface area (Å²) in [6.45, 7) is 0. The van der Waals surface area contributed by atoms with Crippen LogP contribution in [0.4, 0.5) is 8.78 Å². The Morgan fingerprint density at radius 3 is 2.19 bits per heavy atom. The number of allylic oxidation sites excluding steroid dienone is 1. The molecule has 0 amide bonds. The monoisotopic (exact) mass is 219 g/mol. The van der Waals surface area contributed by atoms with Crippen molar-refractivity contribution in [2.24, 2.45) is 0 Å². The molecule has 2 aromatic rings. The molecule has 0 aliphatic carbocycles. The van der Waals surface area contributed by atoms with Gasteiger partial charge in [-0.25, -0.2) is 8.78 Å². The van der Waals surface area contributed by atoms with E-state index in [1.54, 1.807) is 17.0 Å². The predicted octanol–water partition coefficient (Wildman–Crippen LogP) is 3.64. The average Bonchev–Trinajstić information content (AvgIpc) is 2.80. The van der Waals surface area contributed by atoms with Crippen LogP contribution >= 0.6 is 0 Å². The van der Waals surface area contributed by atoms with Gasteiger partial charge in [0.2, 0.25) is 0 Å². The van der Waals surface area contributed by atoms with Crippen molar-refractivity contribution in [3.05, 3.63) is 66.5 Å². The Labute approximate surface area is 92.6 Å². The number of aromatic nitrogens is 1. The first-order valence-electron chi connectivity index (χ1n) is 4.96. The molecule has 0 spiro atoms. The second kappa shape index (κ2) is 4.75. The van der Waals surface area contributed by atoms with Crippen molar-refractivity contribution < 1.29 is 8.78 Å². The van der Waals surface area contributed by atoms with Crippen molar-refractivity contribution in [2.75, 3.05) is 0 Å². The zero-order valence-corrected chi connectivity index (χ0v) is 8.55. The van der Waals surface area contributed by atoms with Crippen LogP contribution < -0.4 is 0 Å². The summed E-state index contributed by atoms with van der Waals surface area (Å²) in [7, 11) is 0. The minimum atomic E-state index is -2.46. The van der Waals surface area contributed by atoms with Gasteiger partial charge in [0, 0.05) is 18.5 Å². The van der Waals surface area contributed by atoms with Gasteiger partial charge in [0.1, 0.15) is 0 Å². The fraction of sp³-hybridized carbons (Fsp3) is 0.0769. The first-order valence-corrected chi connectivity index (χ1v) is 4.96.